The number of amides is 2. The van der Waals surface area contributed by atoms with Gasteiger partial charge >= 0.3 is 6.18 Å². The van der Waals surface area contributed by atoms with E-state index >= 15 is 0 Å². The zero-order chi connectivity index (χ0) is 36.1. The minimum atomic E-state index is -4.59. The number of halogens is 3. The molecule has 5 atom stereocenters. The van der Waals surface area contributed by atoms with E-state index in [1.54, 1.807) is 47.6 Å². The number of hydrogen-bond acceptors (Lipinski definition) is 9. The highest BCUT2D eigenvalue weighted by Gasteiger charge is 2.38. The third-order valence-electron chi connectivity index (χ3n) is 9.44. The first-order chi connectivity index (χ1) is 24.4. The van der Waals surface area contributed by atoms with Crippen LogP contribution in [0.2, 0.25) is 0 Å². The number of benzene rings is 2. The SMILES string of the molecule is Cc1cccc2cc(CN3CCN(C[C@@H](O)C[C@@H](Cc4cccnc4)C(=O)N[C@H]4c5ccccc5OC[C@H]4O)[C@H](C(=O)NCC(F)(F)F)C3)oc12. The van der Waals surface area contributed by atoms with E-state index < -0.39 is 54.7 Å². The highest BCUT2D eigenvalue weighted by atomic mass is 19.4. The van der Waals surface area contributed by atoms with Crippen LogP contribution in [0.3, 0.4) is 0 Å². The van der Waals surface area contributed by atoms with E-state index in [1.165, 1.54) is 0 Å². The fourth-order valence-corrected chi connectivity index (χ4v) is 6.91. The molecule has 0 unspecified atom stereocenters. The minimum Gasteiger partial charge on any atom is -0.490 e. The van der Waals surface area contributed by atoms with Crippen molar-refractivity contribution in [3.8, 4) is 5.75 Å². The van der Waals surface area contributed by atoms with Gasteiger partial charge in [0.05, 0.1) is 18.7 Å². The number of fused-ring (bicyclic) bond motifs is 2. The molecule has 4 aromatic rings. The molecule has 2 aliphatic heterocycles. The number of piperazine rings is 1. The summed E-state index contributed by atoms with van der Waals surface area (Å²) in [5.41, 5.74) is 3.13. The lowest BCUT2D eigenvalue weighted by molar-refractivity contribution is -0.143. The number of pyridine rings is 1. The monoisotopic (exact) mass is 709 g/mol. The molecule has 2 aliphatic rings. The second kappa shape index (κ2) is 15.8. The lowest BCUT2D eigenvalue weighted by Crippen LogP contribution is -2.60. The number of hydrogen-bond donors (Lipinski definition) is 4. The normalized spacial score (nSPS) is 21.0. The third kappa shape index (κ3) is 9.25. The summed E-state index contributed by atoms with van der Waals surface area (Å²) in [6, 6.07) is 16.7. The first-order valence-corrected chi connectivity index (χ1v) is 17.0. The zero-order valence-corrected chi connectivity index (χ0v) is 28.2. The molecule has 2 amide bonds. The van der Waals surface area contributed by atoms with Gasteiger partial charge in [-0.05, 0) is 49.1 Å². The summed E-state index contributed by atoms with van der Waals surface area (Å²) in [5, 5.41) is 28.1. The second-order valence-electron chi connectivity index (χ2n) is 13.3. The number of β-amino-alcohol motifs (C(OH)–C–C–N with tert-alkyl or cyclic N) is 1. The van der Waals surface area contributed by atoms with Crippen LogP contribution in [0.25, 0.3) is 11.0 Å². The average molecular weight is 710 g/mol. The zero-order valence-electron chi connectivity index (χ0n) is 28.2. The highest BCUT2D eigenvalue weighted by Crippen LogP contribution is 2.33. The Morgan fingerprint density at radius 3 is 2.69 bits per heavy atom. The molecule has 0 radical (unpaired) electrons. The maximum absolute atomic E-state index is 13.9. The van der Waals surface area contributed by atoms with Crippen LogP contribution in [0.15, 0.2) is 77.5 Å². The number of furan rings is 1. The summed E-state index contributed by atoms with van der Waals surface area (Å²) in [5.74, 6) is -0.739. The predicted molar refractivity (Wildman–Crippen MR) is 182 cm³/mol. The number of aliphatic hydroxyl groups is 2. The number of rotatable bonds is 12. The van der Waals surface area contributed by atoms with Crippen molar-refractivity contribution in [3.05, 3.63) is 95.5 Å². The summed E-state index contributed by atoms with van der Waals surface area (Å²) in [6.45, 7) is 1.61. The number of aryl methyl sites for hydroxylation is 1. The number of carbonyl (C=O) groups is 2. The summed E-state index contributed by atoms with van der Waals surface area (Å²) in [7, 11) is 0. The molecule has 6 rings (SSSR count). The Hall–Kier alpha value is -4.50. The van der Waals surface area contributed by atoms with E-state index in [0.29, 0.717) is 30.2 Å². The van der Waals surface area contributed by atoms with Gasteiger partial charge < -0.3 is 30.0 Å². The van der Waals surface area contributed by atoms with Gasteiger partial charge in [-0.2, -0.15) is 13.2 Å². The van der Waals surface area contributed by atoms with Crippen LogP contribution in [0.5, 0.6) is 5.75 Å². The van der Waals surface area contributed by atoms with Gasteiger partial charge in [-0.15, -0.1) is 0 Å². The standard InChI is InChI=1S/C37H42F3N5O6/c1-23-6-4-8-25-16-28(51-34(23)25)19-44-12-13-45(30(20-44)36(49)42-22-37(38,39)40)18-27(46)15-26(14-24-7-5-11-41-17-24)35(48)43-33-29-9-2-3-10-32(29)50-21-31(33)47/h2-11,16-17,26-27,30-31,33,46-47H,12-15,18-22H2,1H3,(H,42,49)(H,43,48)/t26-,27+,30+,31-,33+/m1/s1. The Balaban J connectivity index is 1.16. The molecular formula is C37H42F3N5O6. The van der Waals surface area contributed by atoms with E-state index in [9.17, 15) is 33.0 Å². The van der Waals surface area contributed by atoms with Crippen LogP contribution in [-0.4, -0.2) is 101 Å². The number of aliphatic hydroxyl groups excluding tert-OH is 2. The van der Waals surface area contributed by atoms with Gasteiger partial charge in [0.1, 0.15) is 42.4 Å². The van der Waals surface area contributed by atoms with E-state index in [4.69, 9.17) is 9.15 Å². The van der Waals surface area contributed by atoms with Crippen molar-refractivity contribution in [2.75, 3.05) is 39.3 Å². The van der Waals surface area contributed by atoms with E-state index in [2.05, 4.69) is 10.3 Å². The van der Waals surface area contributed by atoms with Gasteiger partial charge in [-0.3, -0.25) is 24.4 Å². The number of carbonyl (C=O) groups excluding carboxylic acids is 2. The van der Waals surface area contributed by atoms with Crippen LogP contribution in [0.4, 0.5) is 13.2 Å². The van der Waals surface area contributed by atoms with Crippen molar-refractivity contribution in [1.82, 2.24) is 25.4 Å². The molecule has 0 saturated carbocycles. The Morgan fingerprint density at radius 2 is 1.92 bits per heavy atom. The highest BCUT2D eigenvalue weighted by molar-refractivity contribution is 5.82. The summed E-state index contributed by atoms with van der Waals surface area (Å²) in [4.78, 5) is 34.9. The fraction of sp³-hybridized carbons (Fsp3) is 0.432. The van der Waals surface area contributed by atoms with Crippen LogP contribution >= 0.6 is 0 Å². The fourth-order valence-electron chi connectivity index (χ4n) is 6.91. The van der Waals surface area contributed by atoms with Crippen molar-refractivity contribution in [3.63, 3.8) is 0 Å². The Kier molecular flexibility index (Phi) is 11.2. The van der Waals surface area contributed by atoms with Gasteiger partial charge in [-0.1, -0.05) is 42.5 Å². The molecule has 1 fully saturated rings. The maximum atomic E-state index is 13.9. The topological polar surface area (TPSA) is 140 Å². The average Bonchev–Trinajstić information content (AvgIpc) is 3.52. The largest absolute Gasteiger partial charge is 0.490 e. The molecule has 2 aromatic carbocycles. The second-order valence-corrected chi connectivity index (χ2v) is 13.3. The number of alkyl halides is 3. The lowest BCUT2D eigenvalue weighted by Gasteiger charge is -2.41. The number of para-hydroxylation sites is 2. The number of nitrogens with zero attached hydrogens (tertiary/aromatic N) is 3. The molecule has 51 heavy (non-hydrogen) atoms. The Bertz CT molecular complexity index is 1800. The van der Waals surface area contributed by atoms with Crippen LogP contribution in [-0.2, 0) is 22.6 Å². The molecule has 1 saturated heterocycles. The number of ether oxygens (including phenoxy) is 1. The van der Waals surface area contributed by atoms with E-state index in [-0.39, 0.29) is 39.1 Å². The summed E-state index contributed by atoms with van der Waals surface area (Å²) < 4.78 is 51.0. The lowest BCUT2D eigenvalue weighted by atomic mass is 9.91. The summed E-state index contributed by atoms with van der Waals surface area (Å²) >= 11 is 0. The molecule has 4 N–H and O–H groups in total. The first kappa shape index (κ1) is 36.3. The van der Waals surface area contributed by atoms with Crippen LogP contribution in [0.1, 0.15) is 34.9 Å². The van der Waals surface area contributed by atoms with Crippen molar-refractivity contribution in [2.24, 2.45) is 5.92 Å². The molecule has 4 heterocycles. The van der Waals surface area contributed by atoms with Gasteiger partial charge in [0.15, 0.2) is 0 Å². The third-order valence-corrected chi connectivity index (χ3v) is 9.44. The van der Waals surface area contributed by atoms with Gasteiger partial charge in [0, 0.05) is 55.4 Å². The summed E-state index contributed by atoms with van der Waals surface area (Å²) in [6.07, 6.45) is -3.24. The molecule has 2 aromatic heterocycles. The van der Waals surface area contributed by atoms with Crippen LogP contribution in [0, 0.1) is 12.8 Å². The van der Waals surface area contributed by atoms with Crippen molar-refractivity contribution >= 4 is 22.8 Å². The number of aromatic nitrogens is 1. The molecule has 272 valence electrons. The Morgan fingerprint density at radius 1 is 1.10 bits per heavy atom. The number of nitrogens with one attached hydrogen (secondary N) is 2. The van der Waals surface area contributed by atoms with Crippen molar-refractivity contribution in [2.45, 2.75) is 56.8 Å². The van der Waals surface area contributed by atoms with Crippen LogP contribution < -0.4 is 15.4 Å². The molecule has 0 spiro atoms. The molecule has 14 heteroatoms. The molecule has 0 aliphatic carbocycles. The van der Waals surface area contributed by atoms with Gasteiger partial charge in [0.25, 0.3) is 0 Å². The van der Waals surface area contributed by atoms with Crippen molar-refractivity contribution in [1.29, 1.82) is 0 Å². The predicted octanol–water partition coefficient (Wildman–Crippen LogP) is 3.52. The molecule has 0 bridgehead atoms. The van der Waals surface area contributed by atoms with Gasteiger partial charge in [0.2, 0.25) is 11.8 Å². The maximum Gasteiger partial charge on any atom is 0.405 e. The smallest absolute Gasteiger partial charge is 0.405 e. The molecule has 11 nitrogen and oxygen atoms in total. The van der Waals surface area contributed by atoms with E-state index in [0.717, 1.165) is 22.1 Å². The van der Waals surface area contributed by atoms with E-state index in [1.807, 2.05) is 47.5 Å². The molecular weight excluding hydrogens is 667 g/mol. The Labute approximate surface area is 293 Å². The quantitative estimate of drug-likeness (QED) is 0.174. The van der Waals surface area contributed by atoms with Crippen molar-refractivity contribution < 1.29 is 42.1 Å². The minimum absolute atomic E-state index is 0.00237. The first-order valence-electron chi connectivity index (χ1n) is 17.0. The van der Waals surface area contributed by atoms with Gasteiger partial charge in [-0.25, -0.2) is 0 Å².